The lowest BCUT2D eigenvalue weighted by Gasteiger charge is -2.19. The summed E-state index contributed by atoms with van der Waals surface area (Å²) < 4.78 is 2.25. The van der Waals surface area contributed by atoms with E-state index in [-0.39, 0.29) is 16.7 Å². The highest BCUT2D eigenvalue weighted by molar-refractivity contribution is 6.03. The number of anilines is 2. The van der Waals surface area contributed by atoms with Gasteiger partial charge in [-0.3, -0.25) is 18.7 Å². The first-order valence-electron chi connectivity index (χ1n) is 8.96. The maximum atomic E-state index is 12.6. The van der Waals surface area contributed by atoms with Gasteiger partial charge in [-0.25, -0.2) is 14.8 Å². The smallest absolute Gasteiger partial charge is 0.332 e. The molecule has 0 saturated heterocycles. The van der Waals surface area contributed by atoms with Crippen molar-refractivity contribution in [2.75, 3.05) is 23.3 Å². The molecular formula is C19H22N6O3. The number of hydrogen-bond acceptors (Lipinski definition) is 6. The van der Waals surface area contributed by atoms with Crippen molar-refractivity contribution in [1.82, 2.24) is 19.1 Å². The number of hydrogen-bond donors (Lipinski definition) is 1. The van der Waals surface area contributed by atoms with E-state index in [1.165, 1.54) is 30.8 Å². The second-order valence-corrected chi connectivity index (χ2v) is 6.30. The zero-order valence-electron chi connectivity index (χ0n) is 16.3. The van der Waals surface area contributed by atoms with Gasteiger partial charge < -0.3 is 10.2 Å². The van der Waals surface area contributed by atoms with E-state index in [4.69, 9.17) is 0 Å². The van der Waals surface area contributed by atoms with Gasteiger partial charge in [-0.2, -0.15) is 0 Å². The monoisotopic (exact) mass is 382 g/mol. The minimum atomic E-state index is -0.501. The molecule has 0 atom stereocenters. The lowest BCUT2D eigenvalue weighted by molar-refractivity contribution is 0.102. The van der Waals surface area contributed by atoms with Crippen molar-refractivity contribution in [3.8, 4) is 0 Å². The van der Waals surface area contributed by atoms with Gasteiger partial charge >= 0.3 is 5.69 Å². The minimum absolute atomic E-state index is 0.101. The van der Waals surface area contributed by atoms with Crippen molar-refractivity contribution in [1.29, 1.82) is 0 Å². The summed E-state index contributed by atoms with van der Waals surface area (Å²) in [7, 11) is 2.91. The number of carbonyl (C=O) groups excluding carboxylic acids is 1. The number of aryl methyl sites for hydroxylation is 1. The van der Waals surface area contributed by atoms with E-state index in [0.29, 0.717) is 5.69 Å². The van der Waals surface area contributed by atoms with Crippen LogP contribution in [0.25, 0.3) is 11.0 Å². The molecular weight excluding hydrogens is 360 g/mol. The molecule has 0 aliphatic heterocycles. The fourth-order valence-electron chi connectivity index (χ4n) is 2.97. The number of amides is 1. The summed E-state index contributed by atoms with van der Waals surface area (Å²) >= 11 is 0. The van der Waals surface area contributed by atoms with Crippen molar-refractivity contribution in [2.45, 2.75) is 13.8 Å². The molecule has 1 N–H and O–H groups in total. The van der Waals surface area contributed by atoms with Crippen molar-refractivity contribution in [3.05, 3.63) is 57.0 Å². The molecule has 146 valence electrons. The average Bonchev–Trinajstić information content (AvgIpc) is 2.72. The van der Waals surface area contributed by atoms with E-state index in [1.54, 1.807) is 12.3 Å². The van der Waals surface area contributed by atoms with Gasteiger partial charge in [-0.05, 0) is 38.1 Å². The Balaban J connectivity index is 1.90. The Morgan fingerprint density at radius 3 is 2.39 bits per heavy atom. The second kappa shape index (κ2) is 7.63. The summed E-state index contributed by atoms with van der Waals surface area (Å²) in [6.45, 7) is 5.78. The van der Waals surface area contributed by atoms with Crippen molar-refractivity contribution < 1.29 is 4.79 Å². The van der Waals surface area contributed by atoms with E-state index in [2.05, 4.69) is 20.2 Å². The summed E-state index contributed by atoms with van der Waals surface area (Å²) in [5.41, 5.74) is -0.160. The maximum absolute atomic E-state index is 12.6. The maximum Gasteiger partial charge on any atom is 0.332 e. The van der Waals surface area contributed by atoms with Crippen molar-refractivity contribution >= 4 is 28.4 Å². The SMILES string of the molecule is CCN(CC)c1ccc(NC(=O)c2ccc3c(=O)n(C)c(=O)n(C)c3n2)cn1. The third-order valence-electron chi connectivity index (χ3n) is 4.63. The van der Waals surface area contributed by atoms with Gasteiger partial charge in [-0.15, -0.1) is 0 Å². The molecule has 0 bridgehead atoms. The van der Waals surface area contributed by atoms with E-state index < -0.39 is 17.2 Å². The van der Waals surface area contributed by atoms with Crippen LogP contribution in [-0.2, 0) is 14.1 Å². The van der Waals surface area contributed by atoms with E-state index in [0.717, 1.165) is 23.5 Å². The first-order valence-corrected chi connectivity index (χ1v) is 8.96. The average molecular weight is 382 g/mol. The molecule has 9 nitrogen and oxygen atoms in total. The number of pyridine rings is 2. The van der Waals surface area contributed by atoms with Crippen LogP contribution in [0.2, 0.25) is 0 Å². The van der Waals surface area contributed by atoms with E-state index in [1.807, 2.05) is 19.9 Å². The van der Waals surface area contributed by atoms with Crippen LogP contribution in [0.5, 0.6) is 0 Å². The predicted molar refractivity (Wildman–Crippen MR) is 108 cm³/mol. The van der Waals surface area contributed by atoms with Crippen LogP contribution in [0.4, 0.5) is 11.5 Å². The van der Waals surface area contributed by atoms with Crippen molar-refractivity contribution in [2.24, 2.45) is 14.1 Å². The molecule has 0 saturated carbocycles. The molecule has 0 unspecified atom stereocenters. The minimum Gasteiger partial charge on any atom is -0.357 e. The summed E-state index contributed by atoms with van der Waals surface area (Å²) in [5.74, 6) is 0.380. The number of carbonyl (C=O) groups is 1. The largest absolute Gasteiger partial charge is 0.357 e. The molecule has 1 amide bonds. The van der Waals surface area contributed by atoms with Crippen LogP contribution in [0, 0.1) is 0 Å². The zero-order valence-corrected chi connectivity index (χ0v) is 16.3. The van der Waals surface area contributed by atoms with E-state index >= 15 is 0 Å². The van der Waals surface area contributed by atoms with Crippen LogP contribution in [-0.4, -0.2) is 38.1 Å². The predicted octanol–water partition coefficient (Wildman–Crippen LogP) is 1.13. The Labute approximate surface area is 161 Å². The highest BCUT2D eigenvalue weighted by atomic mass is 16.2. The normalized spacial score (nSPS) is 10.9. The Bertz CT molecular complexity index is 1140. The standard InChI is InChI=1S/C19H22N6O3/c1-5-25(6-2)15-10-7-12(11-20-15)21-17(26)14-9-8-13-16(22-14)23(3)19(28)24(4)18(13)27/h7-11H,5-6H2,1-4H3,(H,21,26). The molecule has 9 heteroatoms. The molecule has 0 fully saturated rings. The van der Waals surface area contributed by atoms with Crippen LogP contribution in [0.1, 0.15) is 24.3 Å². The first-order chi connectivity index (χ1) is 13.4. The lowest BCUT2D eigenvalue weighted by Crippen LogP contribution is -2.37. The highest BCUT2D eigenvalue weighted by Gasteiger charge is 2.14. The molecule has 28 heavy (non-hydrogen) atoms. The summed E-state index contributed by atoms with van der Waals surface area (Å²) in [6, 6.07) is 6.57. The number of rotatable bonds is 5. The lowest BCUT2D eigenvalue weighted by atomic mass is 10.2. The van der Waals surface area contributed by atoms with Gasteiger partial charge in [-0.1, -0.05) is 0 Å². The van der Waals surface area contributed by atoms with Crippen LogP contribution < -0.4 is 21.5 Å². The molecule has 0 aliphatic rings. The van der Waals surface area contributed by atoms with Gasteiger partial charge in [0, 0.05) is 27.2 Å². The van der Waals surface area contributed by atoms with E-state index in [9.17, 15) is 14.4 Å². The first kappa shape index (κ1) is 19.3. The summed E-state index contributed by atoms with van der Waals surface area (Å²) in [4.78, 5) is 47.5. The quantitative estimate of drug-likeness (QED) is 0.710. The van der Waals surface area contributed by atoms with Crippen LogP contribution in [0.3, 0.4) is 0 Å². The molecule has 3 aromatic rings. The Kier molecular flexibility index (Phi) is 5.25. The van der Waals surface area contributed by atoms with Crippen LogP contribution in [0.15, 0.2) is 40.1 Å². The number of aromatic nitrogens is 4. The molecule has 3 aromatic heterocycles. The van der Waals surface area contributed by atoms with Gasteiger partial charge in [0.05, 0.1) is 17.3 Å². The van der Waals surface area contributed by atoms with Gasteiger partial charge in [0.25, 0.3) is 11.5 Å². The number of fused-ring (bicyclic) bond motifs is 1. The van der Waals surface area contributed by atoms with Gasteiger partial charge in [0.15, 0.2) is 0 Å². The highest BCUT2D eigenvalue weighted by Crippen LogP contribution is 2.15. The molecule has 3 heterocycles. The van der Waals surface area contributed by atoms with Gasteiger partial charge in [0.2, 0.25) is 0 Å². The summed E-state index contributed by atoms with van der Waals surface area (Å²) in [5, 5.41) is 3.00. The zero-order chi connectivity index (χ0) is 20.4. The fraction of sp³-hybridized carbons (Fsp3) is 0.316. The summed E-state index contributed by atoms with van der Waals surface area (Å²) in [6.07, 6.45) is 1.58. The Morgan fingerprint density at radius 1 is 1.07 bits per heavy atom. The second-order valence-electron chi connectivity index (χ2n) is 6.30. The topological polar surface area (TPSA) is 102 Å². The van der Waals surface area contributed by atoms with Crippen LogP contribution >= 0.6 is 0 Å². The molecule has 3 rings (SSSR count). The molecule has 0 radical (unpaired) electrons. The molecule has 0 aromatic carbocycles. The Morgan fingerprint density at radius 2 is 1.79 bits per heavy atom. The third-order valence-corrected chi connectivity index (χ3v) is 4.63. The Hall–Kier alpha value is -3.49. The number of nitrogens with zero attached hydrogens (tertiary/aromatic N) is 5. The van der Waals surface area contributed by atoms with Gasteiger partial charge in [0.1, 0.15) is 17.2 Å². The number of nitrogens with one attached hydrogen (secondary N) is 1. The van der Waals surface area contributed by atoms with Crippen molar-refractivity contribution in [3.63, 3.8) is 0 Å². The third kappa shape index (κ3) is 3.38. The molecule has 0 spiro atoms. The molecule has 0 aliphatic carbocycles. The fourth-order valence-corrected chi connectivity index (χ4v) is 2.97.